The zero-order valence-corrected chi connectivity index (χ0v) is 12.0. The first-order valence-corrected chi connectivity index (χ1v) is 7.89. The standard InChI is InChI=1S/C13H20N2O3S/c1-10(2)14-19(17,18)13-6-4-3-5-12(13)15-7-11(8-15)9-16/h3-6,10-11,14,16H,7-9H2,1-2H3. The van der Waals surface area contributed by atoms with E-state index in [1.807, 2.05) is 17.0 Å². The summed E-state index contributed by atoms with van der Waals surface area (Å²) in [5.41, 5.74) is 0.709. The number of aliphatic hydroxyl groups excluding tert-OH is 1. The van der Waals surface area contributed by atoms with Crippen LogP contribution in [-0.2, 0) is 10.0 Å². The highest BCUT2D eigenvalue weighted by Gasteiger charge is 2.30. The fourth-order valence-electron chi connectivity index (χ4n) is 2.20. The average molecular weight is 284 g/mol. The number of benzene rings is 1. The topological polar surface area (TPSA) is 69.6 Å². The second kappa shape index (κ2) is 5.48. The lowest BCUT2D eigenvalue weighted by Crippen LogP contribution is -2.49. The number of anilines is 1. The maximum atomic E-state index is 12.3. The molecule has 0 aliphatic carbocycles. The third-order valence-corrected chi connectivity index (χ3v) is 4.81. The number of hydrogen-bond donors (Lipinski definition) is 2. The molecule has 0 radical (unpaired) electrons. The molecule has 106 valence electrons. The van der Waals surface area contributed by atoms with Crippen molar-refractivity contribution in [2.24, 2.45) is 5.92 Å². The summed E-state index contributed by atoms with van der Waals surface area (Å²) in [4.78, 5) is 2.29. The van der Waals surface area contributed by atoms with Gasteiger partial charge in [0.25, 0.3) is 0 Å². The van der Waals surface area contributed by atoms with Gasteiger partial charge in [-0.15, -0.1) is 0 Å². The molecule has 0 unspecified atom stereocenters. The van der Waals surface area contributed by atoms with Gasteiger partial charge in [0, 0.05) is 31.7 Å². The summed E-state index contributed by atoms with van der Waals surface area (Å²) in [5, 5.41) is 9.04. The van der Waals surface area contributed by atoms with Crippen LogP contribution >= 0.6 is 0 Å². The molecule has 19 heavy (non-hydrogen) atoms. The molecule has 1 aliphatic rings. The van der Waals surface area contributed by atoms with Crippen molar-refractivity contribution < 1.29 is 13.5 Å². The van der Waals surface area contributed by atoms with Crippen LogP contribution in [0.5, 0.6) is 0 Å². The molecule has 1 fully saturated rings. The zero-order chi connectivity index (χ0) is 14.0. The molecule has 1 aromatic rings. The number of nitrogens with one attached hydrogen (secondary N) is 1. The predicted molar refractivity (Wildman–Crippen MR) is 74.7 cm³/mol. The maximum Gasteiger partial charge on any atom is 0.242 e. The summed E-state index contributed by atoms with van der Waals surface area (Å²) in [5.74, 6) is 0.244. The molecular formula is C13H20N2O3S. The fourth-order valence-corrected chi connectivity index (χ4v) is 3.68. The lowest BCUT2D eigenvalue weighted by Gasteiger charge is -2.41. The van der Waals surface area contributed by atoms with Gasteiger partial charge in [-0.05, 0) is 26.0 Å². The third-order valence-electron chi connectivity index (χ3n) is 3.10. The molecule has 2 N–H and O–H groups in total. The number of nitrogens with zero attached hydrogens (tertiary/aromatic N) is 1. The van der Waals surface area contributed by atoms with Crippen LogP contribution in [0.15, 0.2) is 29.2 Å². The highest BCUT2D eigenvalue weighted by Crippen LogP contribution is 2.30. The van der Waals surface area contributed by atoms with Crippen molar-refractivity contribution >= 4 is 15.7 Å². The molecule has 1 saturated heterocycles. The average Bonchev–Trinajstić information content (AvgIpc) is 2.26. The van der Waals surface area contributed by atoms with Crippen LogP contribution in [-0.4, -0.2) is 39.3 Å². The van der Waals surface area contributed by atoms with Gasteiger partial charge in [0.15, 0.2) is 0 Å². The Kier molecular flexibility index (Phi) is 4.13. The number of sulfonamides is 1. The highest BCUT2D eigenvalue weighted by molar-refractivity contribution is 7.89. The lowest BCUT2D eigenvalue weighted by atomic mass is 10.0. The van der Waals surface area contributed by atoms with E-state index in [1.165, 1.54) is 0 Å². The van der Waals surface area contributed by atoms with Crippen LogP contribution in [0.1, 0.15) is 13.8 Å². The Morgan fingerprint density at radius 3 is 2.58 bits per heavy atom. The maximum absolute atomic E-state index is 12.3. The van der Waals surface area contributed by atoms with Crippen molar-refractivity contribution in [1.29, 1.82) is 0 Å². The van der Waals surface area contributed by atoms with E-state index in [-0.39, 0.29) is 18.6 Å². The Labute approximate surface area is 114 Å². The van der Waals surface area contributed by atoms with E-state index in [0.29, 0.717) is 23.7 Å². The predicted octanol–water partition coefficient (Wildman–Crippen LogP) is 0.802. The number of hydrogen-bond acceptors (Lipinski definition) is 4. The van der Waals surface area contributed by atoms with Crippen LogP contribution in [0.3, 0.4) is 0 Å². The summed E-state index contributed by atoms with van der Waals surface area (Å²) in [7, 11) is -3.49. The summed E-state index contributed by atoms with van der Waals surface area (Å²) in [6, 6.07) is 6.84. The van der Waals surface area contributed by atoms with Crippen molar-refractivity contribution in [2.45, 2.75) is 24.8 Å². The van der Waals surface area contributed by atoms with Crippen molar-refractivity contribution in [3.8, 4) is 0 Å². The minimum absolute atomic E-state index is 0.139. The molecular weight excluding hydrogens is 264 g/mol. The first-order chi connectivity index (χ1) is 8.94. The fraction of sp³-hybridized carbons (Fsp3) is 0.538. The van der Waals surface area contributed by atoms with Gasteiger partial charge in [0.2, 0.25) is 10.0 Å². The Balaban J connectivity index is 2.27. The Hall–Kier alpha value is -1.11. The molecule has 2 rings (SSSR count). The molecule has 1 aromatic carbocycles. The summed E-state index contributed by atoms with van der Waals surface area (Å²) >= 11 is 0. The minimum atomic E-state index is -3.49. The quantitative estimate of drug-likeness (QED) is 0.839. The number of rotatable bonds is 5. The van der Waals surface area contributed by atoms with Gasteiger partial charge in [0.1, 0.15) is 4.90 Å². The van der Waals surface area contributed by atoms with Gasteiger partial charge >= 0.3 is 0 Å². The molecule has 0 bridgehead atoms. The Morgan fingerprint density at radius 2 is 2.00 bits per heavy atom. The normalized spacial score (nSPS) is 16.7. The van der Waals surface area contributed by atoms with Gasteiger partial charge < -0.3 is 10.0 Å². The Bertz CT molecular complexity index is 537. The van der Waals surface area contributed by atoms with E-state index in [0.717, 1.165) is 0 Å². The van der Waals surface area contributed by atoms with Crippen LogP contribution in [0.2, 0.25) is 0 Å². The molecule has 0 atom stereocenters. The second-order valence-corrected chi connectivity index (χ2v) is 6.88. The third kappa shape index (κ3) is 3.08. The molecule has 6 heteroatoms. The van der Waals surface area contributed by atoms with Gasteiger partial charge in [-0.25, -0.2) is 13.1 Å². The molecule has 0 saturated carbocycles. The molecule has 1 heterocycles. The van der Waals surface area contributed by atoms with Gasteiger partial charge in [-0.3, -0.25) is 0 Å². The van der Waals surface area contributed by atoms with E-state index in [2.05, 4.69) is 4.72 Å². The van der Waals surface area contributed by atoms with Crippen molar-refractivity contribution in [2.75, 3.05) is 24.6 Å². The van der Waals surface area contributed by atoms with Gasteiger partial charge in [-0.1, -0.05) is 12.1 Å². The van der Waals surface area contributed by atoms with Crippen LogP contribution in [0, 0.1) is 5.92 Å². The molecule has 0 amide bonds. The van der Waals surface area contributed by atoms with E-state index >= 15 is 0 Å². The van der Waals surface area contributed by atoms with Crippen LogP contribution in [0.25, 0.3) is 0 Å². The van der Waals surface area contributed by atoms with E-state index in [1.54, 1.807) is 26.0 Å². The molecule has 0 spiro atoms. The number of para-hydroxylation sites is 1. The van der Waals surface area contributed by atoms with Crippen molar-refractivity contribution in [1.82, 2.24) is 4.72 Å². The molecule has 0 aromatic heterocycles. The van der Waals surface area contributed by atoms with Crippen molar-refractivity contribution in [3.05, 3.63) is 24.3 Å². The van der Waals surface area contributed by atoms with E-state index in [4.69, 9.17) is 5.11 Å². The van der Waals surface area contributed by atoms with Gasteiger partial charge in [0.05, 0.1) is 5.69 Å². The minimum Gasteiger partial charge on any atom is -0.396 e. The summed E-state index contributed by atoms with van der Waals surface area (Å²) < 4.78 is 27.1. The van der Waals surface area contributed by atoms with E-state index in [9.17, 15) is 8.42 Å². The molecule has 5 nitrogen and oxygen atoms in total. The smallest absolute Gasteiger partial charge is 0.242 e. The van der Waals surface area contributed by atoms with Gasteiger partial charge in [-0.2, -0.15) is 0 Å². The first kappa shape index (κ1) is 14.3. The van der Waals surface area contributed by atoms with E-state index < -0.39 is 10.0 Å². The SMILES string of the molecule is CC(C)NS(=O)(=O)c1ccccc1N1CC(CO)C1. The van der Waals surface area contributed by atoms with Crippen molar-refractivity contribution in [3.63, 3.8) is 0 Å². The van der Waals surface area contributed by atoms with Crippen LogP contribution < -0.4 is 9.62 Å². The highest BCUT2D eigenvalue weighted by atomic mass is 32.2. The zero-order valence-electron chi connectivity index (χ0n) is 11.2. The second-order valence-electron chi connectivity index (χ2n) is 5.20. The monoisotopic (exact) mass is 284 g/mol. The first-order valence-electron chi connectivity index (χ1n) is 6.41. The Morgan fingerprint density at radius 1 is 1.37 bits per heavy atom. The summed E-state index contributed by atoms with van der Waals surface area (Å²) in [6.45, 7) is 5.14. The van der Waals surface area contributed by atoms with Crippen LogP contribution in [0.4, 0.5) is 5.69 Å². The largest absolute Gasteiger partial charge is 0.396 e. The molecule has 1 aliphatic heterocycles. The number of aliphatic hydroxyl groups is 1. The lowest BCUT2D eigenvalue weighted by molar-refractivity contribution is 0.200. The summed E-state index contributed by atoms with van der Waals surface area (Å²) in [6.07, 6.45) is 0.